The lowest BCUT2D eigenvalue weighted by Crippen LogP contribution is -2.44. The number of amides is 2. The molecule has 2 fully saturated rings. The number of anilines is 1. The van der Waals surface area contributed by atoms with Crippen LogP contribution in [0.4, 0.5) is 18.9 Å². The van der Waals surface area contributed by atoms with E-state index in [1.54, 1.807) is 23.0 Å². The highest BCUT2D eigenvalue weighted by molar-refractivity contribution is 5.96. The molecule has 2 aliphatic heterocycles. The number of carbonyl (C=O) groups is 2. The van der Waals surface area contributed by atoms with Crippen molar-refractivity contribution in [3.05, 3.63) is 47.3 Å². The fraction of sp³-hybridized carbons (Fsp3) is 0.478. The van der Waals surface area contributed by atoms with Crippen molar-refractivity contribution in [3.63, 3.8) is 0 Å². The second kappa shape index (κ2) is 8.66. The number of likely N-dealkylation sites (tertiary alicyclic amines) is 1. The molecule has 0 saturated carbocycles. The van der Waals surface area contributed by atoms with Gasteiger partial charge in [-0.1, -0.05) is 0 Å². The van der Waals surface area contributed by atoms with Crippen molar-refractivity contribution in [1.82, 2.24) is 14.7 Å². The molecule has 1 spiro atoms. The van der Waals surface area contributed by atoms with Gasteiger partial charge in [-0.25, -0.2) is 0 Å². The predicted molar refractivity (Wildman–Crippen MR) is 117 cm³/mol. The van der Waals surface area contributed by atoms with Gasteiger partial charge in [0, 0.05) is 38.1 Å². The van der Waals surface area contributed by atoms with E-state index in [2.05, 4.69) is 5.10 Å². The minimum absolute atomic E-state index is 0.250. The molecular formula is C23H25F3N6O2. The molecule has 2 aromatic rings. The summed E-state index contributed by atoms with van der Waals surface area (Å²) in [6.07, 6.45) is -1.33. The number of hydrogen-bond donors (Lipinski definition) is 1. The molecule has 0 bridgehead atoms. The van der Waals surface area contributed by atoms with Crippen LogP contribution in [0.2, 0.25) is 0 Å². The summed E-state index contributed by atoms with van der Waals surface area (Å²) >= 11 is 0. The van der Waals surface area contributed by atoms with Gasteiger partial charge in [0.25, 0.3) is 5.91 Å². The van der Waals surface area contributed by atoms with Crippen LogP contribution in [0.15, 0.2) is 30.5 Å². The number of primary amides is 1. The molecule has 2 saturated heterocycles. The normalized spacial score (nSPS) is 19.9. The largest absolute Gasteiger partial charge is 0.417 e. The quantitative estimate of drug-likeness (QED) is 0.733. The van der Waals surface area contributed by atoms with Gasteiger partial charge < -0.3 is 15.5 Å². The van der Waals surface area contributed by atoms with E-state index in [0.29, 0.717) is 51.1 Å². The van der Waals surface area contributed by atoms with E-state index in [1.165, 1.54) is 17.0 Å². The highest BCUT2D eigenvalue weighted by atomic mass is 19.4. The first-order valence-corrected chi connectivity index (χ1v) is 11.1. The minimum Gasteiger partial charge on any atom is -0.371 e. The van der Waals surface area contributed by atoms with Crippen LogP contribution in [0.3, 0.4) is 0 Å². The van der Waals surface area contributed by atoms with E-state index in [-0.39, 0.29) is 17.0 Å². The van der Waals surface area contributed by atoms with Gasteiger partial charge in [0.1, 0.15) is 11.7 Å². The first kappa shape index (κ1) is 23.6. The Bertz CT molecular complexity index is 1140. The van der Waals surface area contributed by atoms with Crippen molar-refractivity contribution >= 4 is 17.5 Å². The first-order valence-electron chi connectivity index (χ1n) is 11.1. The average molecular weight is 474 g/mol. The lowest BCUT2D eigenvalue weighted by atomic mass is 9.76. The highest BCUT2D eigenvalue weighted by Gasteiger charge is 2.49. The summed E-state index contributed by atoms with van der Waals surface area (Å²) in [6.45, 7) is 3.77. The second-order valence-corrected chi connectivity index (χ2v) is 8.94. The number of nitrogens with zero attached hydrogens (tertiary/aromatic N) is 5. The van der Waals surface area contributed by atoms with Gasteiger partial charge in [0.2, 0.25) is 5.91 Å². The molecule has 8 nitrogen and oxygen atoms in total. The molecule has 2 aliphatic rings. The molecule has 4 rings (SSSR count). The Morgan fingerprint density at radius 2 is 1.97 bits per heavy atom. The van der Waals surface area contributed by atoms with Gasteiger partial charge in [-0.05, 0) is 55.9 Å². The number of piperidine rings is 1. The van der Waals surface area contributed by atoms with E-state index >= 15 is 0 Å². The Labute approximate surface area is 194 Å². The van der Waals surface area contributed by atoms with Gasteiger partial charge in [0.15, 0.2) is 0 Å². The number of alkyl halides is 3. The molecule has 0 aliphatic carbocycles. The van der Waals surface area contributed by atoms with E-state index in [1.807, 2.05) is 11.8 Å². The standard InChI is InChI=1S/C23H25F3N6O2/c1-2-31-8-5-18(29-31)21(34)32-14-22(12-19(32)20(28)33)6-9-30(10-7-22)16-4-3-15(13-27)17(11-16)23(24,25)26/h3-5,8,11,19H,2,6-7,9-10,12,14H2,1H3,(H2,28,33). The van der Waals surface area contributed by atoms with Crippen molar-refractivity contribution in [2.24, 2.45) is 11.1 Å². The van der Waals surface area contributed by atoms with Crippen LogP contribution in [0, 0.1) is 16.7 Å². The van der Waals surface area contributed by atoms with Crippen molar-refractivity contribution in [3.8, 4) is 6.07 Å². The summed E-state index contributed by atoms with van der Waals surface area (Å²) in [6, 6.07) is 6.18. The second-order valence-electron chi connectivity index (χ2n) is 8.94. The number of rotatable bonds is 4. The predicted octanol–water partition coefficient (Wildman–Crippen LogP) is 2.78. The lowest BCUT2D eigenvalue weighted by molar-refractivity contribution is -0.137. The van der Waals surface area contributed by atoms with Gasteiger partial charge in [-0.15, -0.1) is 0 Å². The Morgan fingerprint density at radius 3 is 2.53 bits per heavy atom. The smallest absolute Gasteiger partial charge is 0.371 e. The summed E-state index contributed by atoms with van der Waals surface area (Å²) in [5.41, 5.74) is 4.55. The molecular weight excluding hydrogens is 449 g/mol. The molecule has 1 aromatic heterocycles. The molecule has 180 valence electrons. The first-order chi connectivity index (χ1) is 16.1. The number of aromatic nitrogens is 2. The van der Waals surface area contributed by atoms with Crippen LogP contribution < -0.4 is 10.6 Å². The Morgan fingerprint density at radius 1 is 1.26 bits per heavy atom. The summed E-state index contributed by atoms with van der Waals surface area (Å²) in [5.74, 6) is -0.929. The number of aryl methyl sites for hydroxylation is 1. The van der Waals surface area contributed by atoms with Gasteiger partial charge >= 0.3 is 6.18 Å². The maximum atomic E-state index is 13.4. The number of hydrogen-bond acceptors (Lipinski definition) is 5. The monoisotopic (exact) mass is 474 g/mol. The topological polar surface area (TPSA) is 108 Å². The third-order valence-corrected chi connectivity index (χ3v) is 6.90. The molecule has 1 aromatic carbocycles. The molecule has 2 amide bonds. The van der Waals surface area contributed by atoms with Crippen molar-refractivity contribution in [1.29, 1.82) is 5.26 Å². The van der Waals surface area contributed by atoms with E-state index in [4.69, 9.17) is 11.0 Å². The van der Waals surface area contributed by atoms with Crippen LogP contribution in [0.5, 0.6) is 0 Å². The highest BCUT2D eigenvalue weighted by Crippen LogP contribution is 2.45. The van der Waals surface area contributed by atoms with Crippen LogP contribution in [0.1, 0.15) is 47.8 Å². The average Bonchev–Trinajstić information content (AvgIpc) is 3.44. The molecule has 11 heteroatoms. The van der Waals surface area contributed by atoms with Gasteiger partial charge in [0.05, 0.1) is 17.2 Å². The summed E-state index contributed by atoms with van der Waals surface area (Å²) in [4.78, 5) is 28.6. The van der Waals surface area contributed by atoms with Crippen molar-refractivity contribution in [2.75, 3.05) is 24.5 Å². The summed E-state index contributed by atoms with van der Waals surface area (Å²) < 4.78 is 41.7. The van der Waals surface area contributed by atoms with E-state index < -0.39 is 29.3 Å². The Hall–Kier alpha value is -3.55. The number of nitriles is 1. The third-order valence-electron chi connectivity index (χ3n) is 6.90. The van der Waals surface area contributed by atoms with Crippen LogP contribution in [0.25, 0.3) is 0 Å². The fourth-order valence-electron chi connectivity index (χ4n) is 4.99. The maximum absolute atomic E-state index is 13.4. The molecule has 3 heterocycles. The summed E-state index contributed by atoms with van der Waals surface area (Å²) in [5, 5.41) is 13.3. The zero-order valence-electron chi connectivity index (χ0n) is 18.7. The molecule has 0 radical (unpaired) electrons. The third kappa shape index (κ3) is 4.32. The Balaban J connectivity index is 1.51. The Kier molecular flexibility index (Phi) is 6.02. The van der Waals surface area contributed by atoms with Crippen molar-refractivity contribution in [2.45, 2.75) is 44.9 Å². The molecule has 1 atom stereocenters. The maximum Gasteiger partial charge on any atom is 0.417 e. The summed E-state index contributed by atoms with van der Waals surface area (Å²) in [7, 11) is 0. The number of nitrogens with two attached hydrogens (primary N) is 1. The zero-order chi connectivity index (χ0) is 24.7. The molecule has 1 unspecified atom stereocenters. The zero-order valence-corrected chi connectivity index (χ0v) is 18.7. The van der Waals surface area contributed by atoms with E-state index in [9.17, 15) is 22.8 Å². The van der Waals surface area contributed by atoms with E-state index in [0.717, 1.165) is 6.07 Å². The van der Waals surface area contributed by atoms with Crippen LogP contribution in [-0.4, -0.2) is 52.2 Å². The number of carbonyl (C=O) groups excluding carboxylic acids is 2. The van der Waals surface area contributed by atoms with Gasteiger partial charge in [-0.3, -0.25) is 14.3 Å². The van der Waals surface area contributed by atoms with Crippen molar-refractivity contribution < 1.29 is 22.8 Å². The molecule has 2 N–H and O–H groups in total. The number of benzene rings is 1. The van der Waals surface area contributed by atoms with Crippen LogP contribution in [-0.2, 0) is 17.5 Å². The lowest BCUT2D eigenvalue weighted by Gasteiger charge is -2.40. The molecule has 34 heavy (non-hydrogen) atoms. The van der Waals surface area contributed by atoms with Crippen LogP contribution >= 0.6 is 0 Å². The van der Waals surface area contributed by atoms with Gasteiger partial charge in [-0.2, -0.15) is 23.5 Å². The SMILES string of the molecule is CCn1ccc(C(=O)N2CC3(CCN(c4ccc(C#N)c(C(F)(F)F)c4)CC3)CC2C(N)=O)n1. The number of halogens is 3. The minimum atomic E-state index is -4.62. The fourth-order valence-corrected chi connectivity index (χ4v) is 4.99.